The van der Waals surface area contributed by atoms with E-state index in [9.17, 15) is 8.78 Å². The van der Waals surface area contributed by atoms with E-state index in [2.05, 4.69) is 17.3 Å². The minimum atomic E-state index is -0.777. The fourth-order valence-electron chi connectivity index (χ4n) is 1.87. The van der Waals surface area contributed by atoms with Crippen LogP contribution in [0.4, 0.5) is 8.78 Å². The number of rotatable bonds is 7. The van der Waals surface area contributed by atoms with Crippen LogP contribution in [0.2, 0.25) is 0 Å². The van der Waals surface area contributed by atoms with Gasteiger partial charge in [-0.05, 0) is 44.0 Å². The summed E-state index contributed by atoms with van der Waals surface area (Å²) in [5.74, 6) is -1.54. The first-order chi connectivity index (χ1) is 8.65. The predicted molar refractivity (Wildman–Crippen MR) is 68.6 cm³/mol. The van der Waals surface area contributed by atoms with Crippen LogP contribution in [0, 0.1) is 11.6 Å². The third-order valence-electron chi connectivity index (χ3n) is 3.27. The van der Waals surface area contributed by atoms with Crippen molar-refractivity contribution in [2.45, 2.75) is 25.3 Å². The fourth-order valence-corrected chi connectivity index (χ4v) is 1.87. The van der Waals surface area contributed by atoms with Gasteiger partial charge >= 0.3 is 0 Å². The van der Waals surface area contributed by atoms with E-state index in [4.69, 9.17) is 0 Å². The molecule has 0 unspecified atom stereocenters. The molecule has 18 heavy (non-hydrogen) atoms. The van der Waals surface area contributed by atoms with Crippen molar-refractivity contribution in [2.75, 3.05) is 26.7 Å². The maximum atomic E-state index is 13.0. The van der Waals surface area contributed by atoms with Gasteiger partial charge in [0.2, 0.25) is 0 Å². The molecule has 0 heterocycles. The predicted octanol–water partition coefficient (Wildman–Crippen LogP) is 2.19. The van der Waals surface area contributed by atoms with Crippen LogP contribution in [-0.2, 0) is 6.42 Å². The van der Waals surface area contributed by atoms with Gasteiger partial charge in [0, 0.05) is 25.7 Å². The molecule has 1 aliphatic rings. The van der Waals surface area contributed by atoms with Gasteiger partial charge < -0.3 is 10.2 Å². The van der Waals surface area contributed by atoms with E-state index >= 15 is 0 Å². The van der Waals surface area contributed by atoms with E-state index in [1.165, 1.54) is 25.0 Å². The van der Waals surface area contributed by atoms with Crippen LogP contribution >= 0.6 is 0 Å². The van der Waals surface area contributed by atoms with Crippen molar-refractivity contribution in [1.82, 2.24) is 10.2 Å². The van der Waals surface area contributed by atoms with E-state index in [-0.39, 0.29) is 0 Å². The van der Waals surface area contributed by atoms with E-state index < -0.39 is 11.6 Å². The van der Waals surface area contributed by atoms with E-state index in [1.807, 2.05) is 0 Å². The molecule has 1 saturated carbocycles. The van der Waals surface area contributed by atoms with Gasteiger partial charge in [0.15, 0.2) is 11.6 Å². The van der Waals surface area contributed by atoms with Crippen molar-refractivity contribution in [3.05, 3.63) is 35.4 Å². The first kappa shape index (κ1) is 13.4. The van der Waals surface area contributed by atoms with Gasteiger partial charge in [-0.1, -0.05) is 6.07 Å². The van der Waals surface area contributed by atoms with Gasteiger partial charge in [0.25, 0.3) is 0 Å². The third-order valence-corrected chi connectivity index (χ3v) is 3.27. The second kappa shape index (κ2) is 6.25. The second-order valence-corrected chi connectivity index (χ2v) is 5.03. The zero-order valence-electron chi connectivity index (χ0n) is 10.8. The fraction of sp³-hybridized carbons (Fsp3) is 0.571. The third kappa shape index (κ3) is 4.35. The van der Waals surface area contributed by atoms with Crippen LogP contribution in [0.15, 0.2) is 18.2 Å². The summed E-state index contributed by atoms with van der Waals surface area (Å²) in [6, 6.07) is 4.87. The topological polar surface area (TPSA) is 15.3 Å². The summed E-state index contributed by atoms with van der Waals surface area (Å²) < 4.78 is 25.8. The molecule has 1 aliphatic carbocycles. The van der Waals surface area contributed by atoms with Crippen LogP contribution < -0.4 is 5.32 Å². The molecule has 100 valence electrons. The largest absolute Gasteiger partial charge is 0.313 e. The minimum Gasteiger partial charge on any atom is -0.313 e. The molecule has 0 bridgehead atoms. The highest BCUT2D eigenvalue weighted by Gasteiger charge is 2.19. The average molecular weight is 254 g/mol. The Morgan fingerprint density at radius 2 is 2.00 bits per heavy atom. The Bertz CT molecular complexity index is 391. The molecule has 1 aromatic carbocycles. The molecule has 0 atom stereocenters. The van der Waals surface area contributed by atoms with Crippen molar-refractivity contribution in [2.24, 2.45) is 0 Å². The van der Waals surface area contributed by atoms with Crippen LogP contribution in [0.3, 0.4) is 0 Å². The Balaban J connectivity index is 1.67. The number of hydrogen-bond acceptors (Lipinski definition) is 2. The van der Waals surface area contributed by atoms with Crippen molar-refractivity contribution < 1.29 is 8.78 Å². The van der Waals surface area contributed by atoms with Crippen molar-refractivity contribution in [3.63, 3.8) is 0 Å². The molecule has 0 amide bonds. The lowest BCUT2D eigenvalue weighted by atomic mass is 10.1. The Hall–Kier alpha value is -1.00. The SMILES string of the molecule is CN(CCNC1CC1)CCc1ccc(F)c(F)c1. The van der Waals surface area contributed by atoms with Gasteiger partial charge in [-0.3, -0.25) is 0 Å². The number of nitrogens with one attached hydrogen (secondary N) is 1. The monoisotopic (exact) mass is 254 g/mol. The molecule has 0 spiro atoms. The van der Waals surface area contributed by atoms with E-state index in [0.29, 0.717) is 0 Å². The Labute approximate surface area is 107 Å². The summed E-state index contributed by atoms with van der Waals surface area (Å²) in [4.78, 5) is 2.21. The summed E-state index contributed by atoms with van der Waals surface area (Å²) >= 11 is 0. The van der Waals surface area contributed by atoms with Gasteiger partial charge in [0.1, 0.15) is 0 Å². The molecule has 0 aliphatic heterocycles. The normalized spacial score (nSPS) is 15.3. The van der Waals surface area contributed by atoms with Crippen molar-refractivity contribution in [1.29, 1.82) is 0 Å². The molecular weight excluding hydrogens is 234 g/mol. The van der Waals surface area contributed by atoms with Gasteiger partial charge in [-0.15, -0.1) is 0 Å². The molecule has 0 saturated heterocycles. The highest BCUT2D eigenvalue weighted by Crippen LogP contribution is 2.18. The minimum absolute atomic E-state index is 0.740. The van der Waals surface area contributed by atoms with Gasteiger partial charge in [-0.2, -0.15) is 0 Å². The van der Waals surface area contributed by atoms with Gasteiger partial charge in [0.05, 0.1) is 0 Å². The van der Waals surface area contributed by atoms with E-state index in [1.54, 1.807) is 6.07 Å². The lowest BCUT2D eigenvalue weighted by Gasteiger charge is -2.16. The Morgan fingerprint density at radius 1 is 1.22 bits per heavy atom. The van der Waals surface area contributed by atoms with Crippen molar-refractivity contribution >= 4 is 0 Å². The molecule has 2 nitrogen and oxygen atoms in total. The zero-order valence-corrected chi connectivity index (χ0v) is 10.8. The second-order valence-electron chi connectivity index (χ2n) is 5.03. The Morgan fingerprint density at radius 3 is 2.67 bits per heavy atom. The average Bonchev–Trinajstić information content (AvgIpc) is 3.15. The Kier molecular flexibility index (Phi) is 4.66. The molecule has 4 heteroatoms. The first-order valence-corrected chi connectivity index (χ1v) is 6.51. The van der Waals surface area contributed by atoms with Gasteiger partial charge in [-0.25, -0.2) is 8.78 Å². The summed E-state index contributed by atoms with van der Waals surface area (Å²) in [6.07, 6.45) is 3.36. The summed E-state index contributed by atoms with van der Waals surface area (Å²) in [7, 11) is 2.05. The molecule has 2 rings (SSSR count). The zero-order chi connectivity index (χ0) is 13.0. The van der Waals surface area contributed by atoms with Crippen LogP contribution in [0.25, 0.3) is 0 Å². The number of halogens is 2. The first-order valence-electron chi connectivity index (χ1n) is 6.51. The standard InChI is InChI=1S/C14H20F2N2/c1-18(9-7-17-12-3-4-12)8-6-11-2-5-13(15)14(16)10-11/h2,5,10,12,17H,3-4,6-9H2,1H3. The van der Waals surface area contributed by atoms with Crippen molar-refractivity contribution in [3.8, 4) is 0 Å². The molecule has 0 aromatic heterocycles. The number of nitrogens with zero attached hydrogens (tertiary/aromatic N) is 1. The summed E-state index contributed by atoms with van der Waals surface area (Å²) in [5, 5.41) is 3.45. The van der Waals surface area contributed by atoms with Crippen LogP contribution in [0.5, 0.6) is 0 Å². The maximum Gasteiger partial charge on any atom is 0.159 e. The highest BCUT2D eigenvalue weighted by atomic mass is 19.2. The summed E-state index contributed by atoms with van der Waals surface area (Å²) in [5.41, 5.74) is 0.843. The number of hydrogen-bond donors (Lipinski definition) is 1. The molecular formula is C14H20F2N2. The molecule has 1 aromatic rings. The lowest BCUT2D eigenvalue weighted by molar-refractivity contribution is 0.335. The lowest BCUT2D eigenvalue weighted by Crippen LogP contribution is -2.31. The molecule has 1 fully saturated rings. The number of likely N-dealkylation sites (N-methyl/N-ethyl adjacent to an activating group) is 1. The number of benzene rings is 1. The van der Waals surface area contributed by atoms with E-state index in [0.717, 1.165) is 37.7 Å². The molecule has 0 radical (unpaired) electrons. The molecule has 1 N–H and O–H groups in total. The maximum absolute atomic E-state index is 13.0. The van der Waals surface area contributed by atoms with Crippen LogP contribution in [0.1, 0.15) is 18.4 Å². The summed E-state index contributed by atoms with van der Waals surface area (Å²) in [6.45, 7) is 2.84. The smallest absolute Gasteiger partial charge is 0.159 e. The quantitative estimate of drug-likeness (QED) is 0.802. The highest BCUT2D eigenvalue weighted by molar-refractivity contribution is 5.18. The van der Waals surface area contributed by atoms with Crippen LogP contribution in [-0.4, -0.2) is 37.6 Å².